The highest BCUT2D eigenvalue weighted by molar-refractivity contribution is 5.81. The number of rotatable bonds is 1. The summed E-state index contributed by atoms with van der Waals surface area (Å²) in [5.41, 5.74) is 0. The maximum absolute atomic E-state index is 11.4. The van der Waals surface area contributed by atoms with E-state index >= 15 is 0 Å². The van der Waals surface area contributed by atoms with Crippen molar-refractivity contribution in [1.29, 1.82) is 0 Å². The van der Waals surface area contributed by atoms with Gasteiger partial charge in [-0.05, 0) is 12.8 Å². The molecule has 4 nitrogen and oxygen atoms in total. The lowest BCUT2D eigenvalue weighted by atomic mass is 10.1. The second-order valence-electron chi connectivity index (χ2n) is 3.65. The van der Waals surface area contributed by atoms with Gasteiger partial charge in [0, 0.05) is 13.5 Å². The molecule has 2 aliphatic heterocycles. The lowest BCUT2D eigenvalue weighted by Gasteiger charge is -2.19. The summed E-state index contributed by atoms with van der Waals surface area (Å²) >= 11 is 0. The Kier molecular flexibility index (Phi) is 1.98. The first kappa shape index (κ1) is 8.53. The number of nitrogens with zero attached hydrogens (tertiary/aromatic N) is 1. The Morgan fingerprint density at radius 3 is 3.08 bits per heavy atom. The van der Waals surface area contributed by atoms with Crippen molar-refractivity contribution in [1.82, 2.24) is 4.90 Å². The summed E-state index contributed by atoms with van der Waals surface area (Å²) in [4.78, 5) is 24.0. The lowest BCUT2D eigenvalue weighted by Crippen LogP contribution is -2.32. The zero-order valence-electron chi connectivity index (χ0n) is 7.66. The molecule has 0 aliphatic carbocycles. The normalized spacial score (nSPS) is 32.1. The second-order valence-corrected chi connectivity index (χ2v) is 3.65. The van der Waals surface area contributed by atoms with Crippen LogP contribution in [0.3, 0.4) is 0 Å². The first-order valence-electron chi connectivity index (χ1n) is 4.65. The standard InChI is InChI=1S/C9H13NO3/c1-6(11)13-8-5-9(12)10-4-2-3-7(8)10/h7-8H,2-5H2,1H3/t7-,8-/m0/s1. The first-order valence-corrected chi connectivity index (χ1v) is 4.65. The zero-order valence-corrected chi connectivity index (χ0v) is 7.66. The number of amides is 1. The van der Waals surface area contributed by atoms with E-state index in [9.17, 15) is 9.59 Å². The minimum Gasteiger partial charge on any atom is -0.460 e. The predicted molar refractivity (Wildman–Crippen MR) is 44.9 cm³/mol. The number of esters is 1. The smallest absolute Gasteiger partial charge is 0.302 e. The Morgan fingerprint density at radius 1 is 1.62 bits per heavy atom. The van der Waals surface area contributed by atoms with Gasteiger partial charge in [-0.2, -0.15) is 0 Å². The monoisotopic (exact) mass is 183 g/mol. The fraction of sp³-hybridized carbons (Fsp3) is 0.778. The molecule has 13 heavy (non-hydrogen) atoms. The Hall–Kier alpha value is -1.06. The summed E-state index contributed by atoms with van der Waals surface area (Å²) in [5, 5.41) is 0. The molecule has 1 amide bonds. The van der Waals surface area contributed by atoms with E-state index in [0.29, 0.717) is 6.42 Å². The van der Waals surface area contributed by atoms with E-state index in [1.54, 1.807) is 0 Å². The highest BCUT2D eigenvalue weighted by Crippen LogP contribution is 2.30. The summed E-state index contributed by atoms with van der Waals surface area (Å²) < 4.78 is 5.09. The van der Waals surface area contributed by atoms with Crippen molar-refractivity contribution in [2.24, 2.45) is 0 Å². The van der Waals surface area contributed by atoms with Gasteiger partial charge in [0.15, 0.2) is 0 Å². The average Bonchev–Trinajstić information content (AvgIpc) is 2.56. The molecule has 2 fully saturated rings. The van der Waals surface area contributed by atoms with Gasteiger partial charge in [0.2, 0.25) is 5.91 Å². The van der Waals surface area contributed by atoms with Gasteiger partial charge in [0.05, 0.1) is 12.5 Å². The van der Waals surface area contributed by atoms with Gasteiger partial charge in [-0.3, -0.25) is 9.59 Å². The number of carbonyl (C=O) groups excluding carboxylic acids is 2. The molecule has 0 N–H and O–H groups in total. The van der Waals surface area contributed by atoms with Gasteiger partial charge >= 0.3 is 5.97 Å². The van der Waals surface area contributed by atoms with Gasteiger partial charge in [-0.1, -0.05) is 0 Å². The fourth-order valence-electron chi connectivity index (χ4n) is 2.25. The molecule has 0 saturated carbocycles. The summed E-state index contributed by atoms with van der Waals surface area (Å²) in [6.07, 6.45) is 2.20. The topological polar surface area (TPSA) is 46.6 Å². The van der Waals surface area contributed by atoms with Crippen molar-refractivity contribution in [2.75, 3.05) is 6.54 Å². The Morgan fingerprint density at radius 2 is 2.38 bits per heavy atom. The summed E-state index contributed by atoms with van der Waals surface area (Å²) in [6.45, 7) is 2.23. The van der Waals surface area contributed by atoms with Crippen molar-refractivity contribution in [2.45, 2.75) is 38.3 Å². The summed E-state index contributed by atoms with van der Waals surface area (Å²) in [7, 11) is 0. The molecule has 2 heterocycles. The van der Waals surface area contributed by atoms with Gasteiger partial charge in [0.25, 0.3) is 0 Å². The van der Waals surface area contributed by atoms with Crippen LogP contribution in [0.4, 0.5) is 0 Å². The molecule has 0 aromatic carbocycles. The molecule has 0 aromatic rings. The van der Waals surface area contributed by atoms with E-state index < -0.39 is 0 Å². The van der Waals surface area contributed by atoms with Crippen molar-refractivity contribution in [3.8, 4) is 0 Å². The van der Waals surface area contributed by atoms with Crippen molar-refractivity contribution >= 4 is 11.9 Å². The molecule has 2 rings (SSSR count). The quantitative estimate of drug-likeness (QED) is 0.550. The van der Waals surface area contributed by atoms with Crippen LogP contribution >= 0.6 is 0 Å². The molecule has 2 saturated heterocycles. The van der Waals surface area contributed by atoms with Crippen LogP contribution in [0, 0.1) is 0 Å². The van der Waals surface area contributed by atoms with Gasteiger partial charge in [-0.25, -0.2) is 0 Å². The number of hydrogen-bond acceptors (Lipinski definition) is 3. The number of hydrogen-bond donors (Lipinski definition) is 0. The molecule has 2 aliphatic rings. The van der Waals surface area contributed by atoms with Crippen LogP contribution in [0.25, 0.3) is 0 Å². The van der Waals surface area contributed by atoms with Crippen molar-refractivity contribution < 1.29 is 14.3 Å². The highest BCUT2D eigenvalue weighted by Gasteiger charge is 2.44. The van der Waals surface area contributed by atoms with Gasteiger partial charge < -0.3 is 9.64 Å². The highest BCUT2D eigenvalue weighted by atomic mass is 16.5. The summed E-state index contributed by atoms with van der Waals surface area (Å²) in [6, 6.07) is 0.163. The van der Waals surface area contributed by atoms with Crippen LogP contribution in [0.2, 0.25) is 0 Å². The minimum absolute atomic E-state index is 0.133. The van der Waals surface area contributed by atoms with E-state index in [4.69, 9.17) is 4.74 Å². The predicted octanol–water partition coefficient (Wildman–Crippen LogP) is 0.313. The van der Waals surface area contributed by atoms with E-state index in [-0.39, 0.29) is 24.0 Å². The average molecular weight is 183 g/mol. The van der Waals surface area contributed by atoms with Crippen LogP contribution in [0.5, 0.6) is 0 Å². The maximum Gasteiger partial charge on any atom is 0.302 e. The first-order chi connectivity index (χ1) is 6.18. The van der Waals surface area contributed by atoms with Crippen molar-refractivity contribution in [3.63, 3.8) is 0 Å². The molecule has 0 aromatic heterocycles. The molecule has 0 unspecified atom stereocenters. The van der Waals surface area contributed by atoms with E-state index in [2.05, 4.69) is 0 Å². The van der Waals surface area contributed by atoms with Gasteiger partial charge in [0.1, 0.15) is 6.10 Å². The molecule has 0 radical (unpaired) electrons. The minimum atomic E-state index is -0.286. The molecule has 72 valence electrons. The van der Waals surface area contributed by atoms with E-state index in [1.807, 2.05) is 4.90 Å². The number of carbonyl (C=O) groups is 2. The zero-order chi connectivity index (χ0) is 9.42. The molecule has 0 spiro atoms. The van der Waals surface area contributed by atoms with Gasteiger partial charge in [-0.15, -0.1) is 0 Å². The van der Waals surface area contributed by atoms with E-state index in [0.717, 1.165) is 19.4 Å². The van der Waals surface area contributed by atoms with E-state index in [1.165, 1.54) is 6.92 Å². The van der Waals surface area contributed by atoms with Crippen molar-refractivity contribution in [3.05, 3.63) is 0 Å². The molecular formula is C9H13NO3. The molecule has 0 bridgehead atoms. The Labute approximate surface area is 76.8 Å². The maximum atomic E-state index is 11.4. The molecular weight excluding hydrogens is 170 g/mol. The largest absolute Gasteiger partial charge is 0.460 e. The van der Waals surface area contributed by atoms with Crippen LogP contribution < -0.4 is 0 Å². The SMILES string of the molecule is CC(=O)O[C@H]1CC(=O)N2CCC[C@@H]12. The van der Waals surface area contributed by atoms with Crippen LogP contribution in [-0.4, -0.2) is 35.5 Å². The molecule has 2 atom stereocenters. The third kappa shape index (κ3) is 1.41. The van der Waals surface area contributed by atoms with Crippen LogP contribution in [0.1, 0.15) is 26.2 Å². The Balaban J connectivity index is 2.06. The lowest BCUT2D eigenvalue weighted by molar-refractivity contribution is -0.147. The number of fused-ring (bicyclic) bond motifs is 1. The van der Waals surface area contributed by atoms with Crippen LogP contribution in [-0.2, 0) is 14.3 Å². The Bertz CT molecular complexity index is 249. The summed E-state index contributed by atoms with van der Waals surface area (Å²) in [5.74, 6) is -0.152. The molecule has 4 heteroatoms. The third-order valence-electron chi connectivity index (χ3n) is 2.74. The third-order valence-corrected chi connectivity index (χ3v) is 2.74. The fourth-order valence-corrected chi connectivity index (χ4v) is 2.25. The van der Waals surface area contributed by atoms with Crippen LogP contribution in [0.15, 0.2) is 0 Å². The second kappa shape index (κ2) is 3.01. The number of ether oxygens (including phenoxy) is 1.